The van der Waals surface area contributed by atoms with Crippen molar-refractivity contribution in [1.29, 1.82) is 0 Å². The van der Waals surface area contributed by atoms with E-state index in [0.29, 0.717) is 0 Å². The zero-order chi connectivity index (χ0) is 18.9. The topological polar surface area (TPSA) is 15.8 Å². The number of aromatic nitrogens is 1. The highest BCUT2D eigenvalue weighted by Crippen LogP contribution is 2.54. The normalized spacial score (nSPS) is 16.2. The van der Waals surface area contributed by atoms with Gasteiger partial charge in [-0.2, -0.15) is 0 Å². The SMILES string of the molecule is CC1(C)C2=c3ccccc3=CC2=Cc2c(-c3ccccc3)c3cc[nH]cc-3c21. The largest absolute Gasteiger partial charge is 0.367 e. The second-order valence-corrected chi connectivity index (χ2v) is 8.33. The molecule has 28 heavy (non-hydrogen) atoms. The highest BCUT2D eigenvalue weighted by Gasteiger charge is 2.40. The standard InChI is InChI=1S/C27H21N/c1-27(2)25-19(14-18-10-6-7-11-20(18)25)15-22-24(17-8-4-3-5-9-17)21-12-13-28-16-23(21)26(22)27/h3-16,28H,1-2H3. The van der Waals surface area contributed by atoms with Crippen LogP contribution in [0.2, 0.25) is 0 Å². The Morgan fingerprint density at radius 3 is 2.43 bits per heavy atom. The van der Waals surface area contributed by atoms with Crippen molar-refractivity contribution in [3.05, 3.63) is 100 Å². The molecule has 0 radical (unpaired) electrons. The van der Waals surface area contributed by atoms with Crippen molar-refractivity contribution in [3.63, 3.8) is 0 Å². The number of aromatic amines is 1. The molecule has 6 rings (SSSR count). The lowest BCUT2D eigenvalue weighted by molar-refractivity contribution is 0.690. The van der Waals surface area contributed by atoms with Gasteiger partial charge in [0.25, 0.3) is 0 Å². The molecule has 1 aliphatic heterocycles. The average molecular weight is 359 g/mol. The zero-order valence-electron chi connectivity index (χ0n) is 16.1. The summed E-state index contributed by atoms with van der Waals surface area (Å²) in [5.74, 6) is 0. The van der Waals surface area contributed by atoms with Crippen molar-refractivity contribution in [3.8, 4) is 22.3 Å². The van der Waals surface area contributed by atoms with Gasteiger partial charge in [-0.15, -0.1) is 0 Å². The number of rotatable bonds is 1. The molecule has 2 aromatic carbocycles. The molecule has 134 valence electrons. The van der Waals surface area contributed by atoms with Crippen LogP contribution >= 0.6 is 0 Å². The van der Waals surface area contributed by atoms with Gasteiger partial charge in [0.05, 0.1) is 0 Å². The number of benzene rings is 2. The van der Waals surface area contributed by atoms with Gasteiger partial charge in [0, 0.05) is 23.4 Å². The maximum Gasteiger partial charge on any atom is 0.0171 e. The quantitative estimate of drug-likeness (QED) is 0.486. The fourth-order valence-corrected chi connectivity index (χ4v) is 5.34. The second-order valence-electron chi connectivity index (χ2n) is 8.33. The second kappa shape index (κ2) is 5.36. The molecule has 1 nitrogen and oxygen atoms in total. The number of hydrogen-bond donors (Lipinski definition) is 1. The van der Waals surface area contributed by atoms with Crippen LogP contribution in [0.15, 0.2) is 78.6 Å². The molecule has 0 atom stereocenters. The zero-order valence-corrected chi connectivity index (χ0v) is 16.1. The monoisotopic (exact) mass is 359 g/mol. The van der Waals surface area contributed by atoms with E-state index in [1.165, 1.54) is 55.0 Å². The predicted octanol–water partition coefficient (Wildman–Crippen LogP) is 5.11. The minimum atomic E-state index is -0.0665. The van der Waals surface area contributed by atoms with Crippen molar-refractivity contribution in [1.82, 2.24) is 4.98 Å². The van der Waals surface area contributed by atoms with Crippen molar-refractivity contribution in [2.75, 3.05) is 0 Å². The first-order valence-corrected chi connectivity index (χ1v) is 9.88. The van der Waals surface area contributed by atoms with Gasteiger partial charge in [-0.05, 0) is 67.6 Å². The number of fused-ring (bicyclic) bond motifs is 5. The Labute approximate surface area is 164 Å². The number of nitrogens with one attached hydrogen (secondary N) is 1. The molecule has 1 N–H and O–H groups in total. The maximum atomic E-state index is 3.33. The fourth-order valence-electron chi connectivity index (χ4n) is 5.34. The fraction of sp³-hybridized carbons (Fsp3) is 0.111. The van der Waals surface area contributed by atoms with Crippen LogP contribution < -0.4 is 10.4 Å². The van der Waals surface area contributed by atoms with Gasteiger partial charge in [0.2, 0.25) is 0 Å². The van der Waals surface area contributed by atoms with Crippen LogP contribution in [0.4, 0.5) is 0 Å². The third-order valence-electron chi connectivity index (χ3n) is 6.38. The Morgan fingerprint density at radius 2 is 1.57 bits per heavy atom. The Bertz CT molecular complexity index is 1360. The van der Waals surface area contributed by atoms with Crippen LogP contribution in [0.25, 0.3) is 40.0 Å². The third-order valence-corrected chi connectivity index (χ3v) is 6.38. The first kappa shape index (κ1) is 15.7. The molecule has 0 unspecified atom stereocenters. The summed E-state index contributed by atoms with van der Waals surface area (Å²) >= 11 is 0. The lowest BCUT2D eigenvalue weighted by Gasteiger charge is -2.33. The molecule has 0 saturated carbocycles. The molecule has 2 aromatic rings. The van der Waals surface area contributed by atoms with E-state index in [4.69, 9.17) is 0 Å². The van der Waals surface area contributed by atoms with Crippen LogP contribution in [0.1, 0.15) is 25.0 Å². The van der Waals surface area contributed by atoms with Crippen molar-refractivity contribution < 1.29 is 0 Å². The molecule has 0 spiro atoms. The van der Waals surface area contributed by atoms with Gasteiger partial charge in [-0.3, -0.25) is 0 Å². The first-order valence-electron chi connectivity index (χ1n) is 9.88. The minimum Gasteiger partial charge on any atom is -0.367 e. The van der Waals surface area contributed by atoms with Crippen LogP contribution in [0, 0.1) is 0 Å². The van der Waals surface area contributed by atoms with E-state index >= 15 is 0 Å². The molecule has 4 aliphatic rings. The Hall–Kier alpha value is -3.32. The highest BCUT2D eigenvalue weighted by atomic mass is 14.6. The van der Waals surface area contributed by atoms with E-state index in [1.54, 1.807) is 0 Å². The van der Waals surface area contributed by atoms with Gasteiger partial charge < -0.3 is 4.98 Å². The summed E-state index contributed by atoms with van der Waals surface area (Å²) in [7, 11) is 0. The van der Waals surface area contributed by atoms with Gasteiger partial charge in [0.15, 0.2) is 0 Å². The van der Waals surface area contributed by atoms with Crippen LogP contribution in [0.5, 0.6) is 0 Å². The van der Waals surface area contributed by atoms with Gasteiger partial charge in [0.1, 0.15) is 0 Å². The van der Waals surface area contributed by atoms with Crippen molar-refractivity contribution in [2.45, 2.75) is 19.3 Å². The van der Waals surface area contributed by atoms with Crippen LogP contribution in [-0.2, 0) is 5.41 Å². The summed E-state index contributed by atoms with van der Waals surface area (Å²) in [4.78, 5) is 3.33. The van der Waals surface area contributed by atoms with Crippen LogP contribution in [-0.4, -0.2) is 4.98 Å². The molecule has 1 heterocycles. The number of allylic oxidation sites excluding steroid dienone is 1. The minimum absolute atomic E-state index is 0.0665. The van der Waals surface area contributed by atoms with E-state index in [0.717, 1.165) is 0 Å². The molecule has 1 heteroatoms. The molecule has 0 bridgehead atoms. The number of pyridine rings is 1. The summed E-state index contributed by atoms with van der Waals surface area (Å²) in [6.07, 6.45) is 8.98. The van der Waals surface area contributed by atoms with Gasteiger partial charge in [-0.25, -0.2) is 0 Å². The Balaban J connectivity index is 1.79. The highest BCUT2D eigenvalue weighted by molar-refractivity contribution is 6.06. The van der Waals surface area contributed by atoms with Crippen LogP contribution in [0.3, 0.4) is 0 Å². The molecule has 0 fully saturated rings. The molecule has 3 aliphatic carbocycles. The van der Waals surface area contributed by atoms with E-state index in [9.17, 15) is 0 Å². The van der Waals surface area contributed by atoms with Crippen molar-refractivity contribution in [2.24, 2.45) is 0 Å². The third kappa shape index (κ3) is 1.91. The van der Waals surface area contributed by atoms with Crippen molar-refractivity contribution >= 4 is 17.7 Å². The van der Waals surface area contributed by atoms with E-state index in [2.05, 4.69) is 97.8 Å². The summed E-state index contributed by atoms with van der Waals surface area (Å²) < 4.78 is 0. The summed E-state index contributed by atoms with van der Waals surface area (Å²) in [6.45, 7) is 4.76. The summed E-state index contributed by atoms with van der Waals surface area (Å²) in [5, 5.41) is 2.71. The van der Waals surface area contributed by atoms with Gasteiger partial charge in [-0.1, -0.05) is 68.4 Å². The number of H-pyrrole nitrogens is 1. The first-order chi connectivity index (χ1) is 13.7. The maximum absolute atomic E-state index is 3.33. The molecular formula is C27H21N. The van der Waals surface area contributed by atoms with E-state index in [-0.39, 0.29) is 5.41 Å². The van der Waals surface area contributed by atoms with Gasteiger partial charge >= 0.3 is 0 Å². The average Bonchev–Trinajstić information content (AvgIpc) is 3.25. The smallest absolute Gasteiger partial charge is 0.0171 e. The van der Waals surface area contributed by atoms with E-state index < -0.39 is 0 Å². The van der Waals surface area contributed by atoms with E-state index in [1.807, 2.05) is 6.20 Å². The Morgan fingerprint density at radius 1 is 0.786 bits per heavy atom. The summed E-state index contributed by atoms with van der Waals surface area (Å²) in [6, 6.07) is 21.8. The molecule has 0 aromatic heterocycles. The predicted molar refractivity (Wildman–Crippen MR) is 117 cm³/mol. The molecule has 0 amide bonds. The lowest BCUT2D eigenvalue weighted by Crippen LogP contribution is -2.31. The molecular weight excluding hydrogens is 338 g/mol. The number of hydrogen-bond acceptors (Lipinski definition) is 0. The molecule has 0 saturated heterocycles. The Kier molecular flexibility index (Phi) is 3.01. The lowest BCUT2D eigenvalue weighted by atomic mass is 9.69. The summed E-state index contributed by atoms with van der Waals surface area (Å²) in [5.41, 5.74) is 10.8.